The summed E-state index contributed by atoms with van der Waals surface area (Å²) in [6.07, 6.45) is 5.07. The van der Waals surface area contributed by atoms with Gasteiger partial charge in [-0.2, -0.15) is 0 Å². The second-order valence-corrected chi connectivity index (χ2v) is 9.93. The van der Waals surface area contributed by atoms with Gasteiger partial charge in [-0.05, 0) is 68.6 Å². The summed E-state index contributed by atoms with van der Waals surface area (Å²) in [5, 5.41) is 11.4. The number of ketones is 2. The first kappa shape index (κ1) is 17.7. The van der Waals surface area contributed by atoms with Crippen molar-refractivity contribution in [1.29, 1.82) is 0 Å². The fourth-order valence-electron chi connectivity index (χ4n) is 7.73. The number of Topliss-reactive ketones (excluding diaryl/α,β-unsaturated/α-hetero) is 1. The number of allylic oxidation sites excluding steroid dienone is 2. The third-order valence-electron chi connectivity index (χ3n) is 9.04. The maximum atomic E-state index is 15.3. The number of hydrogen-bond donors (Lipinski definition) is 1. The normalized spacial score (nSPS) is 57.9. The number of aliphatic hydroxyl groups is 1. The maximum absolute atomic E-state index is 15.3. The zero-order valence-corrected chi connectivity index (χ0v) is 16.3. The molecule has 9 atom stereocenters. The van der Waals surface area contributed by atoms with Crippen molar-refractivity contribution in [2.75, 3.05) is 0 Å². The standard InChI is InChI=1S/C22H27FO4/c1-11-7-14-15-9-17(23)16-8-13(25)5-6-19(16,3)22(15)18(27-22)10-20(14,4)21(11,26)12(2)24/h5-6,8,11,14-15,17-18,26H,7,9-10H2,1-4H3/t11-,14+,15+,17+,18-,19+,20+,21+,22+/m1/s1. The van der Waals surface area contributed by atoms with Gasteiger partial charge < -0.3 is 9.84 Å². The molecule has 1 heterocycles. The summed E-state index contributed by atoms with van der Waals surface area (Å²) >= 11 is 0. The molecule has 5 heteroatoms. The lowest BCUT2D eigenvalue weighted by Gasteiger charge is -2.56. The number of fused-ring (bicyclic) bond motifs is 3. The molecule has 0 unspecified atom stereocenters. The van der Waals surface area contributed by atoms with E-state index in [2.05, 4.69) is 0 Å². The molecular formula is C22H27FO4. The Morgan fingerprint density at radius 3 is 2.67 bits per heavy atom. The lowest BCUT2D eigenvalue weighted by Crippen LogP contribution is -2.62. The van der Waals surface area contributed by atoms with E-state index in [4.69, 9.17) is 4.74 Å². The molecular weight excluding hydrogens is 347 g/mol. The molecule has 5 rings (SSSR count). The van der Waals surface area contributed by atoms with Gasteiger partial charge in [-0.3, -0.25) is 9.59 Å². The van der Waals surface area contributed by atoms with Crippen molar-refractivity contribution in [2.45, 2.75) is 70.4 Å². The highest BCUT2D eigenvalue weighted by Crippen LogP contribution is 2.76. The zero-order valence-electron chi connectivity index (χ0n) is 16.3. The van der Waals surface area contributed by atoms with Crippen LogP contribution in [0.4, 0.5) is 4.39 Å². The molecule has 5 aliphatic rings. The molecule has 4 nitrogen and oxygen atoms in total. The van der Waals surface area contributed by atoms with E-state index in [-0.39, 0.29) is 35.4 Å². The molecule has 0 aromatic rings. The van der Waals surface area contributed by atoms with Crippen LogP contribution in [0.3, 0.4) is 0 Å². The molecule has 1 saturated heterocycles. The second-order valence-electron chi connectivity index (χ2n) is 9.93. The zero-order chi connectivity index (χ0) is 19.6. The Hall–Kier alpha value is -1.33. The number of carbonyl (C=O) groups excluding carboxylic acids is 2. The third-order valence-corrected chi connectivity index (χ3v) is 9.04. The summed E-state index contributed by atoms with van der Waals surface area (Å²) in [5.74, 6) is -0.588. The smallest absolute Gasteiger partial charge is 0.178 e. The number of carbonyl (C=O) groups is 2. The van der Waals surface area contributed by atoms with Gasteiger partial charge in [0, 0.05) is 10.8 Å². The lowest BCUT2D eigenvalue weighted by molar-refractivity contribution is -0.161. The summed E-state index contributed by atoms with van der Waals surface area (Å²) in [4.78, 5) is 24.4. The van der Waals surface area contributed by atoms with Crippen molar-refractivity contribution < 1.29 is 23.8 Å². The molecule has 4 fully saturated rings. The highest BCUT2D eigenvalue weighted by atomic mass is 19.1. The molecule has 27 heavy (non-hydrogen) atoms. The van der Waals surface area contributed by atoms with Gasteiger partial charge in [0.05, 0.1) is 6.10 Å². The van der Waals surface area contributed by atoms with Crippen molar-refractivity contribution in [3.8, 4) is 0 Å². The van der Waals surface area contributed by atoms with Crippen molar-refractivity contribution >= 4 is 11.6 Å². The summed E-state index contributed by atoms with van der Waals surface area (Å²) in [7, 11) is 0. The van der Waals surface area contributed by atoms with Gasteiger partial charge in [-0.1, -0.05) is 19.9 Å². The van der Waals surface area contributed by atoms with Gasteiger partial charge >= 0.3 is 0 Å². The highest BCUT2D eigenvalue weighted by molar-refractivity contribution is 6.01. The average molecular weight is 374 g/mol. The minimum atomic E-state index is -1.39. The van der Waals surface area contributed by atoms with E-state index in [0.717, 1.165) is 0 Å². The van der Waals surface area contributed by atoms with Crippen LogP contribution in [0.2, 0.25) is 0 Å². The molecule has 0 radical (unpaired) electrons. The van der Waals surface area contributed by atoms with E-state index < -0.39 is 28.2 Å². The molecule has 0 amide bonds. The van der Waals surface area contributed by atoms with Crippen LogP contribution >= 0.6 is 0 Å². The molecule has 0 aromatic carbocycles. The Morgan fingerprint density at radius 2 is 2.00 bits per heavy atom. The van der Waals surface area contributed by atoms with Gasteiger partial charge in [0.25, 0.3) is 0 Å². The van der Waals surface area contributed by atoms with Gasteiger partial charge in [-0.25, -0.2) is 4.39 Å². The van der Waals surface area contributed by atoms with Crippen molar-refractivity contribution in [1.82, 2.24) is 0 Å². The molecule has 1 spiro atoms. The van der Waals surface area contributed by atoms with E-state index in [1.807, 2.05) is 26.8 Å². The largest absolute Gasteiger partial charge is 0.381 e. The fourth-order valence-corrected chi connectivity index (χ4v) is 7.73. The molecule has 4 aliphatic carbocycles. The summed E-state index contributed by atoms with van der Waals surface area (Å²) in [6.45, 7) is 7.39. The molecule has 146 valence electrons. The number of ether oxygens (including phenoxy) is 1. The Morgan fingerprint density at radius 1 is 1.30 bits per heavy atom. The van der Waals surface area contributed by atoms with Crippen LogP contribution in [0.25, 0.3) is 0 Å². The van der Waals surface area contributed by atoms with Crippen LogP contribution in [0, 0.1) is 28.6 Å². The van der Waals surface area contributed by atoms with Gasteiger partial charge in [0.1, 0.15) is 17.4 Å². The summed E-state index contributed by atoms with van der Waals surface area (Å²) in [6, 6.07) is 0. The van der Waals surface area contributed by atoms with E-state index in [9.17, 15) is 14.7 Å². The third kappa shape index (κ3) is 1.69. The first-order chi connectivity index (χ1) is 12.5. The lowest BCUT2D eigenvalue weighted by atomic mass is 9.46. The van der Waals surface area contributed by atoms with E-state index in [0.29, 0.717) is 24.8 Å². The SMILES string of the molecule is CC(=O)[C@@]1(O)[C@H](C)C[C@H]2[C@@H]3C[C@H](F)C4=CC(=O)C=C[C@]4(C)[C@]34O[C@@H]4C[C@@]21C. The predicted octanol–water partition coefficient (Wildman–Crippen LogP) is 2.94. The fraction of sp³-hybridized carbons (Fsp3) is 0.727. The van der Waals surface area contributed by atoms with Crippen molar-refractivity contribution in [2.24, 2.45) is 28.6 Å². The van der Waals surface area contributed by atoms with Gasteiger partial charge in [0.15, 0.2) is 11.6 Å². The Kier molecular flexibility index (Phi) is 3.15. The monoisotopic (exact) mass is 374 g/mol. The summed E-state index contributed by atoms with van der Waals surface area (Å²) < 4.78 is 21.6. The molecule has 0 bridgehead atoms. The van der Waals surface area contributed by atoms with E-state index in [1.54, 1.807) is 0 Å². The van der Waals surface area contributed by atoms with E-state index in [1.165, 1.54) is 19.1 Å². The van der Waals surface area contributed by atoms with Crippen LogP contribution in [-0.2, 0) is 14.3 Å². The molecule has 3 saturated carbocycles. The molecule has 0 aromatic heterocycles. The minimum Gasteiger partial charge on any atom is -0.381 e. The molecule has 1 N–H and O–H groups in total. The highest BCUT2D eigenvalue weighted by Gasteiger charge is 2.82. The second kappa shape index (κ2) is 4.80. The van der Waals surface area contributed by atoms with Crippen LogP contribution in [-0.4, -0.2) is 40.2 Å². The number of rotatable bonds is 1. The maximum Gasteiger partial charge on any atom is 0.178 e. The Labute approximate surface area is 158 Å². The number of halogens is 1. The van der Waals surface area contributed by atoms with Crippen LogP contribution in [0.1, 0.15) is 47.0 Å². The van der Waals surface area contributed by atoms with Gasteiger partial charge in [-0.15, -0.1) is 0 Å². The van der Waals surface area contributed by atoms with Crippen LogP contribution < -0.4 is 0 Å². The quantitative estimate of drug-likeness (QED) is 0.717. The minimum absolute atomic E-state index is 0.0165. The first-order valence-electron chi connectivity index (χ1n) is 10.0. The van der Waals surface area contributed by atoms with Crippen LogP contribution in [0.15, 0.2) is 23.8 Å². The van der Waals surface area contributed by atoms with E-state index >= 15 is 4.39 Å². The van der Waals surface area contributed by atoms with Crippen molar-refractivity contribution in [3.05, 3.63) is 23.8 Å². The number of epoxide rings is 1. The molecule has 1 aliphatic heterocycles. The van der Waals surface area contributed by atoms with Crippen molar-refractivity contribution in [3.63, 3.8) is 0 Å². The van der Waals surface area contributed by atoms with Gasteiger partial charge in [0.2, 0.25) is 0 Å². The topological polar surface area (TPSA) is 66.9 Å². The summed E-state index contributed by atoms with van der Waals surface area (Å²) in [5.41, 5.74) is -2.64. The predicted molar refractivity (Wildman–Crippen MR) is 96.6 cm³/mol. The Balaban J connectivity index is 1.64. The Bertz CT molecular complexity index is 832. The number of hydrogen-bond acceptors (Lipinski definition) is 4. The first-order valence-corrected chi connectivity index (χ1v) is 10.0. The average Bonchev–Trinajstić information content (AvgIpc) is 3.27. The van der Waals surface area contributed by atoms with Crippen LogP contribution in [0.5, 0.6) is 0 Å². The number of alkyl halides is 1.